The minimum Gasteiger partial charge on any atom is -0.292 e. The quantitative estimate of drug-likeness (QED) is 0.682. The fraction of sp³-hybridized carbons (Fsp3) is 0.476. The lowest BCUT2D eigenvalue weighted by molar-refractivity contribution is 0.0290. The topological polar surface area (TPSA) is 27.0 Å². The van der Waals surface area contributed by atoms with Crippen LogP contribution >= 0.6 is 11.6 Å². The Hall–Kier alpha value is -1.63. The molecular formula is C21H24ClFN2. The first-order valence-corrected chi connectivity index (χ1v) is 9.23. The second-order valence-corrected chi connectivity index (χ2v) is 8.16. The van der Waals surface area contributed by atoms with Gasteiger partial charge in [-0.15, -0.1) is 0 Å². The molecule has 0 aromatic heterocycles. The van der Waals surface area contributed by atoms with Gasteiger partial charge in [-0.25, -0.2) is 4.39 Å². The van der Waals surface area contributed by atoms with Crippen LogP contribution in [0, 0.1) is 17.2 Å². The molecule has 0 spiro atoms. The number of nitrogens with zero attached hydrogens (tertiary/aromatic N) is 2. The maximum absolute atomic E-state index is 13.9. The largest absolute Gasteiger partial charge is 0.292 e. The molecule has 2 aliphatic rings. The van der Waals surface area contributed by atoms with E-state index in [1.54, 1.807) is 13.8 Å². The van der Waals surface area contributed by atoms with Crippen LogP contribution in [0.4, 0.5) is 4.39 Å². The van der Waals surface area contributed by atoms with Crippen LogP contribution in [-0.4, -0.2) is 23.7 Å². The van der Waals surface area contributed by atoms with Gasteiger partial charge in [0.1, 0.15) is 5.67 Å². The van der Waals surface area contributed by atoms with Crippen LogP contribution < -0.4 is 0 Å². The number of rotatable bonds is 5. The van der Waals surface area contributed by atoms with Gasteiger partial charge in [0.05, 0.1) is 12.1 Å². The van der Waals surface area contributed by atoms with Gasteiger partial charge in [-0.1, -0.05) is 29.8 Å². The van der Waals surface area contributed by atoms with Gasteiger partial charge in [0.2, 0.25) is 0 Å². The van der Waals surface area contributed by atoms with Crippen molar-refractivity contribution in [1.29, 1.82) is 5.26 Å². The smallest absolute Gasteiger partial charge is 0.105 e. The van der Waals surface area contributed by atoms with Crippen LogP contribution in [0.1, 0.15) is 44.7 Å². The summed E-state index contributed by atoms with van der Waals surface area (Å²) in [5.74, 6) is 0.387. The Morgan fingerprint density at radius 1 is 1.32 bits per heavy atom. The fourth-order valence-corrected chi connectivity index (χ4v) is 4.03. The van der Waals surface area contributed by atoms with E-state index in [-0.39, 0.29) is 6.04 Å². The molecule has 1 atom stereocenters. The van der Waals surface area contributed by atoms with Gasteiger partial charge in [-0.3, -0.25) is 4.90 Å². The number of hydrogen-bond acceptors (Lipinski definition) is 2. The standard InChI is InChI=1S/C21H24ClFN2/c1-21(2,23)11-16-13-25(14-16)20(17-6-8-19(22)9-7-17)18-5-3-4-15(10-18)12-24/h5-10,16,20H,3-4,11,13-14H2,1-2H3. The average molecular weight is 359 g/mol. The predicted molar refractivity (Wildman–Crippen MR) is 100 cm³/mol. The molecule has 1 fully saturated rings. The van der Waals surface area contributed by atoms with Crippen LogP contribution in [0.3, 0.4) is 0 Å². The molecule has 1 unspecified atom stereocenters. The van der Waals surface area contributed by atoms with E-state index in [9.17, 15) is 9.65 Å². The first-order chi connectivity index (χ1) is 11.9. The highest BCUT2D eigenvalue weighted by molar-refractivity contribution is 6.30. The monoisotopic (exact) mass is 358 g/mol. The van der Waals surface area contributed by atoms with Crippen molar-refractivity contribution in [3.8, 4) is 6.07 Å². The minimum atomic E-state index is -1.12. The van der Waals surface area contributed by atoms with Crippen LogP contribution in [0.15, 0.2) is 47.6 Å². The number of benzene rings is 1. The molecule has 1 aliphatic heterocycles. The summed E-state index contributed by atoms with van der Waals surface area (Å²) in [5.41, 5.74) is 2.05. The van der Waals surface area contributed by atoms with Gasteiger partial charge in [0.25, 0.3) is 0 Å². The zero-order valence-electron chi connectivity index (χ0n) is 14.8. The first kappa shape index (κ1) is 18.2. The normalized spacial score (nSPS) is 20.3. The number of alkyl halides is 1. The van der Waals surface area contributed by atoms with Gasteiger partial charge < -0.3 is 0 Å². The summed E-state index contributed by atoms with van der Waals surface area (Å²) >= 11 is 6.05. The second kappa shape index (κ2) is 7.32. The number of hydrogen-bond donors (Lipinski definition) is 0. The van der Waals surface area contributed by atoms with Gasteiger partial charge >= 0.3 is 0 Å². The van der Waals surface area contributed by atoms with E-state index in [0.717, 1.165) is 31.5 Å². The molecule has 1 aromatic rings. The van der Waals surface area contributed by atoms with E-state index >= 15 is 0 Å². The number of nitriles is 1. The molecule has 0 radical (unpaired) electrons. The third kappa shape index (κ3) is 4.51. The van der Waals surface area contributed by atoms with E-state index in [2.05, 4.69) is 29.2 Å². The first-order valence-electron chi connectivity index (χ1n) is 8.85. The number of halogens is 2. The molecule has 4 heteroatoms. The maximum atomic E-state index is 13.9. The molecule has 2 nitrogen and oxygen atoms in total. The minimum absolute atomic E-state index is 0.111. The fourth-order valence-electron chi connectivity index (χ4n) is 3.90. The Balaban J connectivity index is 1.82. The molecule has 0 amide bonds. The average Bonchev–Trinajstić information content (AvgIpc) is 2.53. The third-order valence-corrected chi connectivity index (χ3v) is 5.16. The zero-order valence-corrected chi connectivity index (χ0v) is 15.6. The molecule has 0 saturated carbocycles. The van der Waals surface area contributed by atoms with Crippen LogP contribution in [0.2, 0.25) is 5.02 Å². The van der Waals surface area contributed by atoms with E-state index in [4.69, 9.17) is 11.6 Å². The number of allylic oxidation sites excluding steroid dienone is 2. The number of likely N-dealkylation sites (tertiary alicyclic amines) is 1. The molecule has 25 heavy (non-hydrogen) atoms. The SMILES string of the molecule is CC(C)(F)CC1CN(C(C2=CCCC(C#N)=C2)c2ccc(Cl)cc2)C1. The van der Waals surface area contributed by atoms with Gasteiger partial charge in [-0.05, 0) is 68.4 Å². The lowest BCUT2D eigenvalue weighted by atomic mass is 9.83. The summed E-state index contributed by atoms with van der Waals surface area (Å²) in [5, 5.41) is 9.98. The highest BCUT2D eigenvalue weighted by atomic mass is 35.5. The van der Waals surface area contributed by atoms with E-state index in [1.165, 1.54) is 11.1 Å². The summed E-state index contributed by atoms with van der Waals surface area (Å²) in [6, 6.07) is 10.3. The van der Waals surface area contributed by atoms with Crippen molar-refractivity contribution in [3.05, 3.63) is 58.1 Å². The Kier molecular flexibility index (Phi) is 5.32. The summed E-state index contributed by atoms with van der Waals surface area (Å²) in [6.07, 6.45) is 6.55. The zero-order chi connectivity index (χ0) is 18.0. The van der Waals surface area contributed by atoms with E-state index in [0.29, 0.717) is 17.4 Å². The second-order valence-electron chi connectivity index (χ2n) is 7.72. The summed E-state index contributed by atoms with van der Waals surface area (Å²) in [6.45, 7) is 5.07. The molecule has 132 valence electrons. The molecule has 1 saturated heterocycles. The highest BCUT2D eigenvalue weighted by Crippen LogP contribution is 2.39. The molecule has 3 rings (SSSR count). The Morgan fingerprint density at radius 2 is 2.00 bits per heavy atom. The van der Waals surface area contributed by atoms with E-state index in [1.807, 2.05) is 18.2 Å². The van der Waals surface area contributed by atoms with Crippen molar-refractivity contribution < 1.29 is 4.39 Å². The van der Waals surface area contributed by atoms with Crippen LogP contribution in [0.5, 0.6) is 0 Å². The summed E-state index contributed by atoms with van der Waals surface area (Å²) in [7, 11) is 0. The third-order valence-electron chi connectivity index (χ3n) is 4.90. The Labute approximate surface area is 154 Å². The molecule has 1 aliphatic carbocycles. The predicted octanol–water partition coefficient (Wildman–Crippen LogP) is 5.62. The maximum Gasteiger partial charge on any atom is 0.105 e. The molecular weight excluding hydrogens is 335 g/mol. The molecule has 1 heterocycles. The molecule has 0 N–H and O–H groups in total. The van der Waals surface area contributed by atoms with Crippen molar-refractivity contribution in [1.82, 2.24) is 4.90 Å². The summed E-state index contributed by atoms with van der Waals surface area (Å²) < 4.78 is 13.9. The Bertz CT molecular complexity index is 716. The molecule has 1 aromatic carbocycles. The summed E-state index contributed by atoms with van der Waals surface area (Å²) in [4.78, 5) is 2.38. The molecule has 0 bridgehead atoms. The highest BCUT2D eigenvalue weighted by Gasteiger charge is 2.37. The van der Waals surface area contributed by atoms with Gasteiger partial charge in [-0.2, -0.15) is 5.26 Å². The van der Waals surface area contributed by atoms with Crippen LogP contribution in [-0.2, 0) is 0 Å². The van der Waals surface area contributed by atoms with Gasteiger partial charge in [0, 0.05) is 23.7 Å². The van der Waals surface area contributed by atoms with Gasteiger partial charge in [0.15, 0.2) is 0 Å². The van der Waals surface area contributed by atoms with Crippen molar-refractivity contribution >= 4 is 11.6 Å². The van der Waals surface area contributed by atoms with Crippen LogP contribution in [0.25, 0.3) is 0 Å². The van der Waals surface area contributed by atoms with Crippen molar-refractivity contribution in [2.24, 2.45) is 5.92 Å². The van der Waals surface area contributed by atoms with Crippen molar-refractivity contribution in [2.75, 3.05) is 13.1 Å². The van der Waals surface area contributed by atoms with Crippen molar-refractivity contribution in [3.63, 3.8) is 0 Å². The Morgan fingerprint density at radius 3 is 2.60 bits per heavy atom. The van der Waals surface area contributed by atoms with E-state index < -0.39 is 5.67 Å². The lowest BCUT2D eigenvalue weighted by Crippen LogP contribution is -2.50. The lowest BCUT2D eigenvalue weighted by Gasteiger charge is -2.46. The van der Waals surface area contributed by atoms with Crippen molar-refractivity contribution in [2.45, 2.75) is 44.8 Å².